The van der Waals surface area contributed by atoms with Crippen LogP contribution in [0.5, 0.6) is 0 Å². The SMILES string of the molecule is COCCN(c1nc(C)nc(NN)c1C)C1CC1. The van der Waals surface area contributed by atoms with Gasteiger partial charge in [-0.3, -0.25) is 0 Å². The molecule has 2 rings (SSSR count). The highest BCUT2D eigenvalue weighted by Gasteiger charge is 2.31. The van der Waals surface area contributed by atoms with Gasteiger partial charge in [0.1, 0.15) is 17.5 Å². The van der Waals surface area contributed by atoms with Crippen molar-refractivity contribution in [3.05, 3.63) is 11.4 Å². The van der Waals surface area contributed by atoms with Crippen LogP contribution in [0.25, 0.3) is 0 Å². The van der Waals surface area contributed by atoms with Gasteiger partial charge in [0.2, 0.25) is 0 Å². The number of hydrogen-bond donors (Lipinski definition) is 2. The summed E-state index contributed by atoms with van der Waals surface area (Å²) in [6, 6.07) is 0.582. The summed E-state index contributed by atoms with van der Waals surface area (Å²) < 4.78 is 5.17. The average Bonchev–Trinajstić information content (AvgIpc) is 3.17. The highest BCUT2D eigenvalue weighted by Crippen LogP contribution is 2.33. The minimum Gasteiger partial charge on any atom is -0.383 e. The zero-order chi connectivity index (χ0) is 13.1. The molecule has 0 bridgehead atoms. The Morgan fingerprint density at radius 2 is 2.11 bits per heavy atom. The van der Waals surface area contributed by atoms with E-state index in [0.717, 1.165) is 23.8 Å². The topological polar surface area (TPSA) is 76.3 Å². The molecule has 1 aliphatic carbocycles. The second-order valence-corrected chi connectivity index (χ2v) is 4.63. The van der Waals surface area contributed by atoms with Gasteiger partial charge in [0.15, 0.2) is 0 Å². The molecule has 0 saturated heterocycles. The van der Waals surface area contributed by atoms with Crippen molar-refractivity contribution in [1.29, 1.82) is 0 Å². The Balaban J connectivity index is 2.30. The number of methoxy groups -OCH3 is 1. The zero-order valence-corrected chi connectivity index (χ0v) is 11.2. The van der Waals surface area contributed by atoms with Crippen molar-refractivity contribution in [3.63, 3.8) is 0 Å². The number of rotatable bonds is 6. The van der Waals surface area contributed by atoms with Gasteiger partial charge in [-0.05, 0) is 26.7 Å². The van der Waals surface area contributed by atoms with E-state index in [1.165, 1.54) is 12.8 Å². The van der Waals surface area contributed by atoms with E-state index in [0.29, 0.717) is 18.5 Å². The summed E-state index contributed by atoms with van der Waals surface area (Å²) in [4.78, 5) is 11.1. The molecule has 0 atom stereocenters. The number of aryl methyl sites for hydroxylation is 1. The second-order valence-electron chi connectivity index (χ2n) is 4.63. The summed E-state index contributed by atoms with van der Waals surface area (Å²) in [6.45, 7) is 5.42. The van der Waals surface area contributed by atoms with E-state index in [9.17, 15) is 0 Å². The predicted octanol–water partition coefficient (Wildman–Crippen LogP) is 0.994. The van der Waals surface area contributed by atoms with Crippen LogP contribution in [0.1, 0.15) is 24.2 Å². The minimum atomic E-state index is 0.582. The molecular weight excluding hydrogens is 230 g/mol. The number of anilines is 2. The smallest absolute Gasteiger partial charge is 0.148 e. The lowest BCUT2D eigenvalue weighted by Gasteiger charge is -2.25. The maximum Gasteiger partial charge on any atom is 0.148 e. The van der Waals surface area contributed by atoms with Crippen LogP contribution in [0, 0.1) is 13.8 Å². The van der Waals surface area contributed by atoms with Gasteiger partial charge in [-0.15, -0.1) is 0 Å². The van der Waals surface area contributed by atoms with Crippen LogP contribution in [-0.2, 0) is 4.74 Å². The van der Waals surface area contributed by atoms with Crippen molar-refractivity contribution >= 4 is 11.6 Å². The lowest BCUT2D eigenvalue weighted by molar-refractivity contribution is 0.204. The Bertz CT molecular complexity index is 419. The monoisotopic (exact) mass is 251 g/mol. The van der Waals surface area contributed by atoms with E-state index in [-0.39, 0.29) is 0 Å². The Hall–Kier alpha value is -1.40. The molecule has 1 fully saturated rings. The first-order chi connectivity index (χ1) is 8.67. The molecule has 1 saturated carbocycles. The second kappa shape index (κ2) is 5.49. The molecule has 0 radical (unpaired) electrons. The Morgan fingerprint density at radius 1 is 1.39 bits per heavy atom. The largest absolute Gasteiger partial charge is 0.383 e. The molecule has 6 nitrogen and oxygen atoms in total. The molecule has 1 aromatic rings. The molecule has 0 spiro atoms. The van der Waals surface area contributed by atoms with Gasteiger partial charge in [-0.25, -0.2) is 15.8 Å². The first kappa shape index (κ1) is 13.0. The minimum absolute atomic E-state index is 0.582. The van der Waals surface area contributed by atoms with Crippen molar-refractivity contribution in [2.45, 2.75) is 32.7 Å². The number of nitrogens with two attached hydrogens (primary N) is 1. The highest BCUT2D eigenvalue weighted by atomic mass is 16.5. The van der Waals surface area contributed by atoms with Crippen LogP contribution < -0.4 is 16.2 Å². The summed E-state index contributed by atoms with van der Waals surface area (Å²) in [5, 5.41) is 0. The van der Waals surface area contributed by atoms with Gasteiger partial charge in [0.25, 0.3) is 0 Å². The van der Waals surface area contributed by atoms with Gasteiger partial charge >= 0.3 is 0 Å². The number of hydrazine groups is 1. The van der Waals surface area contributed by atoms with Crippen molar-refractivity contribution in [2.24, 2.45) is 5.84 Å². The molecular formula is C12H21N5O. The van der Waals surface area contributed by atoms with Crippen LogP contribution in [0.4, 0.5) is 11.6 Å². The summed E-state index contributed by atoms with van der Waals surface area (Å²) in [6.07, 6.45) is 2.44. The quantitative estimate of drug-likeness (QED) is 0.580. The highest BCUT2D eigenvalue weighted by molar-refractivity contribution is 5.59. The normalized spacial score (nSPS) is 14.7. The molecule has 3 N–H and O–H groups in total. The van der Waals surface area contributed by atoms with Crippen LogP contribution in [0.3, 0.4) is 0 Å². The number of nitrogens with one attached hydrogen (secondary N) is 1. The number of aromatic nitrogens is 2. The first-order valence-electron chi connectivity index (χ1n) is 6.24. The third-order valence-electron chi connectivity index (χ3n) is 3.16. The van der Waals surface area contributed by atoms with Crippen LogP contribution in [0.15, 0.2) is 0 Å². The number of nitrogens with zero attached hydrogens (tertiary/aromatic N) is 3. The molecule has 1 aromatic heterocycles. The van der Waals surface area contributed by atoms with Crippen LogP contribution >= 0.6 is 0 Å². The maximum absolute atomic E-state index is 5.50. The fraction of sp³-hybridized carbons (Fsp3) is 0.667. The van der Waals surface area contributed by atoms with E-state index in [1.807, 2.05) is 13.8 Å². The van der Waals surface area contributed by atoms with Crippen molar-refractivity contribution in [2.75, 3.05) is 30.6 Å². The molecule has 1 aliphatic rings. The lowest BCUT2D eigenvalue weighted by Crippen LogP contribution is -2.31. The standard InChI is InChI=1S/C12H21N5O/c1-8-11(16-13)14-9(2)15-12(8)17(6-7-18-3)10-4-5-10/h10H,4-7,13H2,1-3H3,(H,14,15,16). The zero-order valence-electron chi connectivity index (χ0n) is 11.2. The van der Waals surface area contributed by atoms with Crippen LogP contribution in [0.2, 0.25) is 0 Å². The van der Waals surface area contributed by atoms with Crippen molar-refractivity contribution < 1.29 is 4.74 Å². The molecule has 0 aromatic carbocycles. The van der Waals surface area contributed by atoms with E-state index in [1.54, 1.807) is 7.11 Å². The third-order valence-corrected chi connectivity index (χ3v) is 3.16. The third kappa shape index (κ3) is 2.70. The van der Waals surface area contributed by atoms with Crippen molar-refractivity contribution in [1.82, 2.24) is 9.97 Å². The summed E-state index contributed by atoms with van der Waals surface area (Å²) >= 11 is 0. The molecule has 6 heteroatoms. The fourth-order valence-electron chi connectivity index (χ4n) is 2.07. The van der Waals surface area contributed by atoms with Gasteiger partial charge in [-0.2, -0.15) is 0 Å². The van der Waals surface area contributed by atoms with Crippen molar-refractivity contribution in [3.8, 4) is 0 Å². The summed E-state index contributed by atoms with van der Waals surface area (Å²) in [5.41, 5.74) is 3.63. The Labute approximate surface area is 108 Å². The summed E-state index contributed by atoms with van der Waals surface area (Å²) in [5.74, 6) is 7.89. The molecule has 100 valence electrons. The first-order valence-corrected chi connectivity index (χ1v) is 6.24. The van der Waals surface area contributed by atoms with E-state index < -0.39 is 0 Å². The number of nitrogen functional groups attached to an aromatic ring is 1. The Morgan fingerprint density at radius 3 is 2.67 bits per heavy atom. The molecule has 0 unspecified atom stereocenters. The maximum atomic E-state index is 5.50. The number of ether oxygens (including phenoxy) is 1. The van der Waals surface area contributed by atoms with Gasteiger partial charge in [-0.1, -0.05) is 0 Å². The lowest BCUT2D eigenvalue weighted by atomic mass is 10.2. The molecule has 18 heavy (non-hydrogen) atoms. The van der Waals surface area contributed by atoms with E-state index in [4.69, 9.17) is 10.6 Å². The van der Waals surface area contributed by atoms with E-state index >= 15 is 0 Å². The molecule has 0 amide bonds. The van der Waals surface area contributed by atoms with Gasteiger partial charge in [0, 0.05) is 25.3 Å². The van der Waals surface area contributed by atoms with Gasteiger partial charge in [0.05, 0.1) is 6.61 Å². The Kier molecular flexibility index (Phi) is 3.98. The molecule has 0 aliphatic heterocycles. The average molecular weight is 251 g/mol. The molecule has 1 heterocycles. The van der Waals surface area contributed by atoms with E-state index in [2.05, 4.69) is 20.3 Å². The van der Waals surface area contributed by atoms with Gasteiger partial charge < -0.3 is 15.1 Å². The predicted molar refractivity (Wildman–Crippen MR) is 71.6 cm³/mol. The summed E-state index contributed by atoms with van der Waals surface area (Å²) in [7, 11) is 1.72. The fourth-order valence-corrected chi connectivity index (χ4v) is 2.07. The van der Waals surface area contributed by atoms with Crippen LogP contribution in [-0.4, -0.2) is 36.3 Å². The number of hydrogen-bond acceptors (Lipinski definition) is 6.